The molecule has 152 valence electrons. The lowest BCUT2D eigenvalue weighted by molar-refractivity contribution is 0.226. The molecule has 0 atom stereocenters. The van der Waals surface area contributed by atoms with Crippen LogP contribution in [0.2, 0.25) is 0 Å². The number of hydrogen-bond acceptors (Lipinski definition) is 9. The standard InChI is InChI=1S/C18H22N8O3/c1-7-28-12-8-10(23-29-12)16-20-21-17-15(27-6)13(18(2,3)4)14(22-26(16)17)11-9-25(5)24-19-11/h8-9H,7H2,1-6H3. The minimum atomic E-state index is -0.297. The van der Waals surface area contributed by atoms with E-state index in [-0.39, 0.29) is 5.41 Å². The first-order valence-electron chi connectivity index (χ1n) is 9.14. The number of hydrogen-bond donors (Lipinski definition) is 0. The molecule has 4 rings (SSSR count). The van der Waals surface area contributed by atoms with Crippen molar-refractivity contribution in [3.8, 4) is 34.6 Å². The van der Waals surface area contributed by atoms with E-state index in [1.54, 1.807) is 35.6 Å². The van der Waals surface area contributed by atoms with Crippen molar-refractivity contribution in [3.63, 3.8) is 0 Å². The Morgan fingerprint density at radius 3 is 2.55 bits per heavy atom. The molecular weight excluding hydrogens is 376 g/mol. The van der Waals surface area contributed by atoms with E-state index in [1.807, 2.05) is 6.92 Å². The predicted octanol–water partition coefficient (Wildman–Crippen LogP) is 2.28. The second-order valence-electron chi connectivity index (χ2n) is 7.51. The van der Waals surface area contributed by atoms with Crippen LogP contribution in [0.5, 0.6) is 11.7 Å². The molecule has 0 amide bonds. The van der Waals surface area contributed by atoms with Crippen molar-refractivity contribution in [2.75, 3.05) is 13.7 Å². The fourth-order valence-electron chi connectivity index (χ4n) is 3.14. The lowest BCUT2D eigenvalue weighted by Crippen LogP contribution is -2.18. The summed E-state index contributed by atoms with van der Waals surface area (Å²) in [6.45, 7) is 8.56. The molecule has 4 heterocycles. The Labute approximate surface area is 166 Å². The molecule has 0 bridgehead atoms. The summed E-state index contributed by atoms with van der Waals surface area (Å²) in [6, 6.07) is 1.65. The number of nitrogens with zero attached hydrogens (tertiary/aromatic N) is 8. The number of aryl methyl sites for hydroxylation is 1. The van der Waals surface area contributed by atoms with E-state index in [1.165, 1.54) is 0 Å². The normalized spacial score (nSPS) is 11.9. The molecule has 0 aliphatic heterocycles. The van der Waals surface area contributed by atoms with Gasteiger partial charge in [0.1, 0.15) is 11.4 Å². The summed E-state index contributed by atoms with van der Waals surface area (Å²) >= 11 is 0. The van der Waals surface area contributed by atoms with Crippen molar-refractivity contribution in [3.05, 3.63) is 17.8 Å². The van der Waals surface area contributed by atoms with Gasteiger partial charge in [-0.2, -0.15) is 9.61 Å². The van der Waals surface area contributed by atoms with Gasteiger partial charge in [-0.15, -0.1) is 15.3 Å². The van der Waals surface area contributed by atoms with Gasteiger partial charge in [0.2, 0.25) is 11.5 Å². The fraction of sp³-hybridized carbons (Fsp3) is 0.444. The highest BCUT2D eigenvalue weighted by Gasteiger charge is 2.31. The third kappa shape index (κ3) is 3.18. The molecule has 0 fully saturated rings. The molecule has 29 heavy (non-hydrogen) atoms. The summed E-state index contributed by atoms with van der Waals surface area (Å²) in [5.74, 6) is 1.27. The van der Waals surface area contributed by atoms with Crippen LogP contribution in [0.3, 0.4) is 0 Å². The van der Waals surface area contributed by atoms with Gasteiger partial charge in [0, 0.05) is 12.6 Å². The predicted molar refractivity (Wildman–Crippen MR) is 103 cm³/mol. The van der Waals surface area contributed by atoms with E-state index in [9.17, 15) is 0 Å². The van der Waals surface area contributed by atoms with E-state index >= 15 is 0 Å². The first kappa shape index (κ1) is 18.8. The zero-order valence-corrected chi connectivity index (χ0v) is 17.2. The summed E-state index contributed by atoms with van der Waals surface area (Å²) in [4.78, 5) is 0. The maximum Gasteiger partial charge on any atom is 0.311 e. The van der Waals surface area contributed by atoms with E-state index in [2.05, 4.69) is 46.4 Å². The van der Waals surface area contributed by atoms with E-state index in [0.717, 1.165) is 5.56 Å². The lowest BCUT2D eigenvalue weighted by Gasteiger charge is -2.24. The Bertz CT molecular complexity index is 1170. The fourth-order valence-corrected chi connectivity index (χ4v) is 3.14. The van der Waals surface area contributed by atoms with Gasteiger partial charge in [-0.25, -0.2) is 0 Å². The highest BCUT2D eigenvalue weighted by molar-refractivity contribution is 5.72. The molecular formula is C18H22N8O3. The number of methoxy groups -OCH3 is 1. The van der Waals surface area contributed by atoms with Gasteiger partial charge >= 0.3 is 5.95 Å². The molecule has 0 unspecified atom stereocenters. The van der Waals surface area contributed by atoms with Crippen molar-refractivity contribution in [2.45, 2.75) is 33.1 Å². The van der Waals surface area contributed by atoms with Gasteiger partial charge < -0.3 is 14.0 Å². The Kier molecular flexibility index (Phi) is 4.44. The SMILES string of the molecule is CCOc1cc(-c2nnc3c(OC)c(C(C)(C)C)c(-c4cn(C)nn4)nn23)no1. The average molecular weight is 398 g/mol. The number of rotatable bonds is 5. The van der Waals surface area contributed by atoms with Crippen molar-refractivity contribution in [2.24, 2.45) is 7.05 Å². The Hall–Kier alpha value is -3.50. The monoisotopic (exact) mass is 398 g/mol. The molecule has 0 aliphatic carbocycles. The Morgan fingerprint density at radius 2 is 1.93 bits per heavy atom. The molecule has 4 aromatic rings. The third-order valence-corrected chi connectivity index (χ3v) is 4.31. The van der Waals surface area contributed by atoms with E-state index < -0.39 is 0 Å². The van der Waals surface area contributed by atoms with Crippen LogP contribution in [0, 0.1) is 0 Å². The van der Waals surface area contributed by atoms with Crippen molar-refractivity contribution < 1.29 is 14.0 Å². The molecule has 4 aromatic heterocycles. The minimum absolute atomic E-state index is 0.297. The molecule has 11 nitrogen and oxygen atoms in total. The highest BCUT2D eigenvalue weighted by Crippen LogP contribution is 2.40. The first-order chi connectivity index (χ1) is 13.8. The van der Waals surface area contributed by atoms with Gasteiger partial charge in [0.25, 0.3) is 0 Å². The third-order valence-electron chi connectivity index (χ3n) is 4.31. The molecule has 0 saturated heterocycles. The molecule has 0 radical (unpaired) electrons. The van der Waals surface area contributed by atoms with E-state index in [4.69, 9.17) is 19.1 Å². The molecule has 0 aliphatic rings. The maximum atomic E-state index is 5.76. The molecule has 0 saturated carbocycles. The Balaban J connectivity index is 2.01. The number of fused-ring (bicyclic) bond motifs is 1. The van der Waals surface area contributed by atoms with E-state index in [0.29, 0.717) is 46.9 Å². The largest absolute Gasteiger partial charge is 0.492 e. The topological polar surface area (TPSA) is 118 Å². The molecule has 0 aromatic carbocycles. The Morgan fingerprint density at radius 1 is 1.14 bits per heavy atom. The number of aromatic nitrogens is 8. The maximum absolute atomic E-state index is 5.76. The zero-order valence-electron chi connectivity index (χ0n) is 17.2. The molecule has 11 heteroatoms. The smallest absolute Gasteiger partial charge is 0.311 e. The zero-order chi connectivity index (χ0) is 20.8. The van der Waals surface area contributed by atoms with Gasteiger partial charge in [-0.3, -0.25) is 4.68 Å². The van der Waals surface area contributed by atoms with Crippen LogP contribution in [-0.2, 0) is 12.5 Å². The van der Waals surface area contributed by atoms with Crippen molar-refractivity contribution in [1.82, 2.24) is 40.0 Å². The van der Waals surface area contributed by atoms with Crippen LogP contribution >= 0.6 is 0 Å². The van der Waals surface area contributed by atoms with Crippen molar-refractivity contribution in [1.29, 1.82) is 0 Å². The van der Waals surface area contributed by atoms with Gasteiger partial charge in [-0.1, -0.05) is 31.1 Å². The average Bonchev–Trinajstić information content (AvgIpc) is 3.38. The van der Waals surface area contributed by atoms with Gasteiger partial charge in [-0.05, 0) is 12.3 Å². The van der Waals surface area contributed by atoms with Gasteiger partial charge in [0.05, 0.1) is 26.0 Å². The van der Waals surface area contributed by atoms with Crippen LogP contribution in [0.4, 0.5) is 0 Å². The summed E-state index contributed by atoms with van der Waals surface area (Å²) in [6.07, 6.45) is 1.80. The second kappa shape index (κ2) is 6.83. The minimum Gasteiger partial charge on any atom is -0.492 e. The van der Waals surface area contributed by atoms with Crippen molar-refractivity contribution >= 4 is 5.65 Å². The van der Waals surface area contributed by atoms with Gasteiger partial charge in [0.15, 0.2) is 11.4 Å². The summed E-state index contributed by atoms with van der Waals surface area (Å²) in [5.41, 5.74) is 2.74. The second-order valence-corrected chi connectivity index (χ2v) is 7.51. The summed E-state index contributed by atoms with van der Waals surface area (Å²) < 4.78 is 19.5. The summed E-state index contributed by atoms with van der Waals surface area (Å²) in [7, 11) is 3.40. The molecule has 0 N–H and O–H groups in total. The van der Waals surface area contributed by atoms with Crippen LogP contribution < -0.4 is 9.47 Å². The van der Waals surface area contributed by atoms with Crippen LogP contribution in [0.15, 0.2) is 16.8 Å². The quantitative estimate of drug-likeness (QED) is 0.499. The van der Waals surface area contributed by atoms with Crippen LogP contribution in [-0.4, -0.2) is 53.7 Å². The summed E-state index contributed by atoms with van der Waals surface area (Å²) in [5, 5.41) is 25.7. The highest BCUT2D eigenvalue weighted by atomic mass is 16.6. The van der Waals surface area contributed by atoms with Crippen LogP contribution in [0.1, 0.15) is 33.3 Å². The lowest BCUT2D eigenvalue weighted by atomic mass is 9.84. The first-order valence-corrected chi connectivity index (χ1v) is 9.14. The van der Waals surface area contributed by atoms with Crippen LogP contribution in [0.25, 0.3) is 28.6 Å². The molecule has 0 spiro atoms. The number of ether oxygens (including phenoxy) is 2.